The van der Waals surface area contributed by atoms with Crippen LogP contribution in [0.3, 0.4) is 0 Å². The number of unbranched alkanes of at least 4 members (excludes halogenated alkanes) is 2. The lowest BCUT2D eigenvalue weighted by Crippen LogP contribution is -2.52. The minimum absolute atomic E-state index is 0.0483. The van der Waals surface area contributed by atoms with Crippen LogP contribution in [0.4, 0.5) is 15.3 Å². The van der Waals surface area contributed by atoms with Crippen molar-refractivity contribution in [3.05, 3.63) is 77.9 Å². The predicted octanol–water partition coefficient (Wildman–Crippen LogP) is 7.95. The summed E-state index contributed by atoms with van der Waals surface area (Å²) in [7, 11) is 7.76. The molecule has 0 spiro atoms. The molecule has 2 aliphatic heterocycles. The second-order valence-electron chi connectivity index (χ2n) is 26.8. The van der Waals surface area contributed by atoms with Gasteiger partial charge in [0.05, 0.1) is 49.4 Å². The van der Waals surface area contributed by atoms with Crippen molar-refractivity contribution in [3.8, 4) is 0 Å². The highest BCUT2D eigenvalue weighted by Crippen LogP contribution is 2.30. The lowest BCUT2D eigenvalue weighted by atomic mass is 9.84. The second kappa shape index (κ2) is 42.7. The number of urea groups is 1. The first kappa shape index (κ1) is 84.2. The number of carbonyl (C=O) groups is 12. The Bertz CT molecular complexity index is 2950. The van der Waals surface area contributed by atoms with Gasteiger partial charge in [0.2, 0.25) is 29.5 Å². The molecule has 6 N–H and O–H groups in total. The quantitative estimate of drug-likeness (QED) is 0.0240. The number of ether oxygens (including phenoxy) is 4. The molecule has 10 amide bonds. The number of esters is 1. The summed E-state index contributed by atoms with van der Waals surface area (Å²) in [5, 5.41) is 11.0. The summed E-state index contributed by atoms with van der Waals surface area (Å²) >= 11 is 0. The van der Waals surface area contributed by atoms with Gasteiger partial charge in [0, 0.05) is 110 Å². The van der Waals surface area contributed by atoms with Gasteiger partial charge in [-0.2, -0.15) is 0 Å². The molecule has 25 nitrogen and oxygen atoms in total. The van der Waals surface area contributed by atoms with Gasteiger partial charge in [-0.25, -0.2) is 14.4 Å². The topological polar surface area (TPSA) is 329 Å². The standard InChI is InChI=1S/C51H81N7O11.C22H32N2O5/c1-13-34(8)47(35(9)68-12)56(10)49(65)39(31(2)3)29-41(60)46(33(6)7)57(11)51(67)69-30-36-20-22-38(23-21-36)54-48(64)37(18-17-26-53-50(52)66)28-40(59)45(32(4)5)55-42(61)19-15-14-16-27-58-43(62)24-25-44(58)63;1-5-19(25)24-13-9-12-18(24)20(28-3)15(2)21(26)23-17(22(27)29-4)14-16-10-7-6-8-11-16/h20-25,31-35,37,39,45-47H,13-19,26-30H2,1-12H3,(H,54,64)(H,55,61)(H3,52,53,66);6-8,10-11,15,17-18,20H,5,9,12-14H2,1-4H3,(H,23,26)/t34-,35+,37+,39-,45-,46-,47-;15-,17+,18+,20-/m01/s1. The molecule has 0 bridgehead atoms. The van der Waals surface area contributed by atoms with Gasteiger partial charge in [0.15, 0.2) is 11.6 Å². The lowest BCUT2D eigenvalue weighted by Gasteiger charge is -2.39. The number of hydrogen-bond acceptors (Lipinski definition) is 16. The van der Waals surface area contributed by atoms with Crippen LogP contribution in [0.25, 0.3) is 0 Å². The molecule has 1 saturated heterocycles. The zero-order valence-corrected chi connectivity index (χ0v) is 60.9. The van der Waals surface area contributed by atoms with Gasteiger partial charge in [-0.1, -0.05) is 125 Å². The zero-order valence-electron chi connectivity index (χ0n) is 60.9. The van der Waals surface area contributed by atoms with Crippen LogP contribution in [0.1, 0.15) is 164 Å². The Balaban J connectivity index is 0.000000712. The summed E-state index contributed by atoms with van der Waals surface area (Å²) < 4.78 is 21.8. The Morgan fingerprint density at radius 1 is 0.704 bits per heavy atom. The number of likely N-dealkylation sites (N-methyl/N-ethyl adjacent to an activating group) is 2. The van der Waals surface area contributed by atoms with Gasteiger partial charge in [0.25, 0.3) is 11.8 Å². The maximum Gasteiger partial charge on any atom is 0.410 e. The molecule has 0 aromatic heterocycles. The number of ketones is 2. The highest BCUT2D eigenvalue weighted by atomic mass is 16.6. The smallest absolute Gasteiger partial charge is 0.410 e. The van der Waals surface area contributed by atoms with E-state index in [9.17, 15) is 57.5 Å². The maximum atomic E-state index is 14.0. The van der Waals surface area contributed by atoms with Gasteiger partial charge in [0.1, 0.15) is 12.6 Å². The average Bonchev–Trinajstić information content (AvgIpc) is 1.38. The van der Waals surface area contributed by atoms with Crippen molar-refractivity contribution in [1.82, 2.24) is 35.6 Å². The third-order valence-corrected chi connectivity index (χ3v) is 18.6. The molecule has 98 heavy (non-hydrogen) atoms. The molecule has 0 aliphatic carbocycles. The Morgan fingerprint density at radius 2 is 1.35 bits per heavy atom. The van der Waals surface area contributed by atoms with E-state index in [0.717, 1.165) is 29.7 Å². The number of anilines is 1. The summed E-state index contributed by atoms with van der Waals surface area (Å²) in [6, 6.07) is 12.5. The molecule has 0 saturated carbocycles. The van der Waals surface area contributed by atoms with E-state index >= 15 is 0 Å². The van der Waals surface area contributed by atoms with Crippen LogP contribution in [0.15, 0.2) is 66.7 Å². The molecule has 11 atom stereocenters. The van der Waals surface area contributed by atoms with Crippen molar-refractivity contribution >= 4 is 76.7 Å². The molecule has 25 heteroatoms. The number of imide groups is 1. The zero-order chi connectivity index (χ0) is 73.5. The Morgan fingerprint density at radius 3 is 1.90 bits per heavy atom. The third kappa shape index (κ3) is 26.3. The first-order chi connectivity index (χ1) is 46.4. The minimum atomic E-state index is -0.858. The fraction of sp³-hybridized carbons (Fsp3) is 0.644. The minimum Gasteiger partial charge on any atom is -0.467 e. The number of carbonyl (C=O) groups excluding carboxylic acids is 12. The van der Waals surface area contributed by atoms with Gasteiger partial charge >= 0.3 is 18.1 Å². The predicted molar refractivity (Wildman–Crippen MR) is 372 cm³/mol. The van der Waals surface area contributed by atoms with Crippen LogP contribution in [0, 0.1) is 41.4 Å². The third-order valence-electron chi connectivity index (χ3n) is 18.6. The van der Waals surface area contributed by atoms with E-state index in [1.54, 1.807) is 71.2 Å². The number of primary amides is 1. The van der Waals surface area contributed by atoms with Crippen LogP contribution in [-0.2, 0) is 79.9 Å². The van der Waals surface area contributed by atoms with Crippen LogP contribution < -0.4 is 27.0 Å². The number of nitrogens with one attached hydrogen (secondary N) is 4. The van der Waals surface area contributed by atoms with Crippen molar-refractivity contribution in [2.24, 2.45) is 47.2 Å². The largest absolute Gasteiger partial charge is 0.467 e. The molecule has 0 unspecified atom stereocenters. The van der Waals surface area contributed by atoms with Gasteiger partial charge in [-0.15, -0.1) is 0 Å². The lowest BCUT2D eigenvalue weighted by molar-refractivity contribution is -0.147. The number of rotatable bonds is 40. The molecule has 1 fully saturated rings. The number of nitrogens with zero attached hydrogens (tertiary/aromatic N) is 4. The number of methoxy groups -OCH3 is 3. The van der Waals surface area contributed by atoms with Gasteiger partial charge < -0.3 is 60.6 Å². The summed E-state index contributed by atoms with van der Waals surface area (Å²) in [5.41, 5.74) is 7.17. The normalized spacial score (nSPS) is 16.7. The van der Waals surface area contributed by atoms with Crippen molar-refractivity contribution in [3.63, 3.8) is 0 Å². The number of benzene rings is 2. The molecular formula is C73H113N9O16. The summed E-state index contributed by atoms with van der Waals surface area (Å²) in [6.07, 6.45) is 6.49. The Labute approximate surface area is 580 Å². The summed E-state index contributed by atoms with van der Waals surface area (Å²) in [5.74, 6) is -5.40. The number of nitrogens with two attached hydrogens (primary N) is 1. The number of likely N-dealkylation sites (tertiary alicyclic amines) is 1. The summed E-state index contributed by atoms with van der Waals surface area (Å²) in [6.45, 7) is 21.8. The van der Waals surface area contributed by atoms with Crippen LogP contribution in [0.5, 0.6) is 0 Å². The highest BCUT2D eigenvalue weighted by molar-refractivity contribution is 6.12. The van der Waals surface area contributed by atoms with E-state index < -0.39 is 66.0 Å². The second-order valence-corrected chi connectivity index (χ2v) is 26.8. The van der Waals surface area contributed by atoms with Crippen LogP contribution in [-0.4, -0.2) is 188 Å². The first-order valence-electron chi connectivity index (χ1n) is 34.6. The molecule has 2 aromatic rings. The average molecular weight is 1370 g/mol. The molecule has 2 aliphatic rings. The van der Waals surface area contributed by atoms with Gasteiger partial charge in [-0.3, -0.25) is 48.1 Å². The molecular weight excluding hydrogens is 1260 g/mol. The number of hydrogen-bond donors (Lipinski definition) is 5. The molecule has 0 radical (unpaired) electrons. The molecule has 546 valence electrons. The van der Waals surface area contributed by atoms with E-state index in [1.807, 2.05) is 76.8 Å². The van der Waals surface area contributed by atoms with E-state index in [0.29, 0.717) is 56.3 Å². The summed E-state index contributed by atoms with van der Waals surface area (Å²) in [4.78, 5) is 160. The highest BCUT2D eigenvalue weighted by Gasteiger charge is 2.42. The van der Waals surface area contributed by atoms with Crippen molar-refractivity contribution in [1.29, 1.82) is 0 Å². The molecule has 2 heterocycles. The first-order valence-corrected chi connectivity index (χ1v) is 34.6. The molecule has 2 aromatic carbocycles. The SMILES string of the molecule is CCC(=O)N1CCC[C@H]1[C@H](OC)[C@@H](C)C(=O)N[C@@H](Cc1ccccc1)C(=O)OC.CC[C@H](C)[C@@H]([C@@H](C)OC)N(C)C(=O)[C@@H](CC(=O)[C@H](C(C)C)N(C)C(=O)OCc1ccc(NC(=O)[C@H](CCCNC(N)=O)CC(=O)[C@@H](NC(=O)CCCCCN2C(=O)C=CC2=O)C(C)C)cc1)C(C)C. The van der Waals surface area contributed by atoms with Crippen LogP contribution in [0.2, 0.25) is 0 Å². The fourth-order valence-corrected chi connectivity index (χ4v) is 12.7. The van der Waals surface area contributed by atoms with Crippen molar-refractivity contribution < 1.29 is 76.5 Å². The van der Waals surface area contributed by atoms with E-state index in [4.69, 9.17) is 24.7 Å². The van der Waals surface area contributed by atoms with E-state index in [1.165, 1.54) is 31.2 Å². The Hall–Kier alpha value is -8.06. The maximum absolute atomic E-state index is 14.0. The molecule has 4 rings (SSSR count). The Kier molecular flexibility index (Phi) is 36.7. The van der Waals surface area contributed by atoms with Crippen molar-refractivity contribution in [2.75, 3.05) is 60.4 Å². The van der Waals surface area contributed by atoms with Crippen molar-refractivity contribution in [2.45, 2.75) is 209 Å². The van der Waals surface area contributed by atoms with Gasteiger partial charge in [-0.05, 0) is 92.4 Å². The van der Waals surface area contributed by atoms with E-state index in [2.05, 4.69) is 35.1 Å². The number of amides is 10. The van der Waals surface area contributed by atoms with E-state index in [-0.39, 0.29) is 134 Å². The van der Waals surface area contributed by atoms with Crippen LogP contribution >= 0.6 is 0 Å². The number of Topliss-reactive ketones (excluding diaryl/α,β-unsaturated/α-hetero) is 2. The fourth-order valence-electron chi connectivity index (χ4n) is 12.7. The monoisotopic (exact) mass is 1370 g/mol.